The average molecular weight is 275 g/mol. The second-order valence-corrected chi connectivity index (χ2v) is 6.10. The van der Waals surface area contributed by atoms with Gasteiger partial charge in [0.05, 0.1) is 17.6 Å². The topological polar surface area (TPSA) is 33.3 Å². The van der Waals surface area contributed by atoms with Gasteiger partial charge in [-0.3, -0.25) is 0 Å². The maximum atomic E-state index is 5.89. The second-order valence-electron chi connectivity index (χ2n) is 4.30. The van der Waals surface area contributed by atoms with Crippen LogP contribution in [0.5, 0.6) is 0 Å². The van der Waals surface area contributed by atoms with E-state index in [1.54, 1.807) is 11.3 Å². The Morgan fingerprint density at radius 1 is 1.47 bits per heavy atom. The van der Waals surface area contributed by atoms with E-state index in [1.807, 2.05) is 6.07 Å². The summed E-state index contributed by atoms with van der Waals surface area (Å²) in [6, 6.07) is 4.52. The van der Waals surface area contributed by atoms with Crippen LogP contribution in [0.3, 0.4) is 0 Å². The molecule has 1 saturated heterocycles. The highest BCUT2D eigenvalue weighted by Crippen LogP contribution is 2.21. The van der Waals surface area contributed by atoms with E-state index in [0.717, 1.165) is 37.2 Å². The first kappa shape index (κ1) is 13.3. The van der Waals surface area contributed by atoms with Crippen LogP contribution in [0.1, 0.15) is 11.8 Å². The Morgan fingerprint density at radius 2 is 2.35 bits per heavy atom. The Kier molecular flexibility index (Phi) is 5.25. The summed E-state index contributed by atoms with van der Waals surface area (Å²) in [7, 11) is 0. The van der Waals surface area contributed by atoms with E-state index < -0.39 is 0 Å². The fraction of sp³-hybridized carbons (Fsp3) is 0.667. The monoisotopic (exact) mass is 274 g/mol. The molecule has 0 amide bonds. The van der Waals surface area contributed by atoms with Gasteiger partial charge in [0, 0.05) is 29.9 Å². The van der Waals surface area contributed by atoms with Crippen molar-refractivity contribution in [2.45, 2.75) is 19.5 Å². The molecule has 3 nitrogen and oxygen atoms in total. The average Bonchev–Trinajstić information content (AvgIpc) is 2.90. The van der Waals surface area contributed by atoms with E-state index in [4.69, 9.17) is 16.3 Å². The van der Waals surface area contributed by atoms with E-state index in [9.17, 15) is 0 Å². The predicted octanol–water partition coefficient (Wildman–Crippen LogP) is 2.12. The van der Waals surface area contributed by atoms with Crippen molar-refractivity contribution < 1.29 is 4.74 Å². The van der Waals surface area contributed by atoms with Gasteiger partial charge in [-0.25, -0.2) is 0 Å². The van der Waals surface area contributed by atoms with Crippen LogP contribution in [0.15, 0.2) is 12.1 Å². The maximum Gasteiger partial charge on any atom is 0.0931 e. The minimum Gasteiger partial charge on any atom is -0.379 e. The highest BCUT2D eigenvalue weighted by molar-refractivity contribution is 7.16. The lowest BCUT2D eigenvalue weighted by atomic mass is 10.0. The third-order valence-electron chi connectivity index (χ3n) is 3.00. The van der Waals surface area contributed by atoms with Crippen molar-refractivity contribution in [3.05, 3.63) is 21.3 Å². The second kappa shape index (κ2) is 6.71. The van der Waals surface area contributed by atoms with Crippen LogP contribution >= 0.6 is 22.9 Å². The number of hydrogen-bond acceptors (Lipinski definition) is 4. The minimum atomic E-state index is 0.499. The zero-order chi connectivity index (χ0) is 12.1. The van der Waals surface area contributed by atoms with Gasteiger partial charge in [-0.15, -0.1) is 11.3 Å². The number of nitrogens with one attached hydrogen (secondary N) is 2. The standard InChI is InChI=1S/C12H19ClN2OS/c1-2-15-11-8-16-7-9(11)5-14-6-10-3-4-12(13)17-10/h3-4,9,11,14-15H,2,5-8H2,1H3. The van der Waals surface area contributed by atoms with E-state index in [0.29, 0.717) is 12.0 Å². The molecule has 0 radical (unpaired) electrons. The molecule has 0 saturated carbocycles. The summed E-state index contributed by atoms with van der Waals surface area (Å²) in [5, 5.41) is 6.94. The highest BCUT2D eigenvalue weighted by atomic mass is 35.5. The highest BCUT2D eigenvalue weighted by Gasteiger charge is 2.26. The lowest BCUT2D eigenvalue weighted by molar-refractivity contribution is 0.182. The lowest BCUT2D eigenvalue weighted by Crippen LogP contribution is -2.39. The molecule has 1 aliphatic heterocycles. The molecule has 2 heterocycles. The molecule has 0 aromatic carbocycles. The van der Waals surface area contributed by atoms with Gasteiger partial charge in [-0.05, 0) is 18.7 Å². The van der Waals surface area contributed by atoms with E-state index in [1.165, 1.54) is 4.88 Å². The van der Waals surface area contributed by atoms with Gasteiger partial charge >= 0.3 is 0 Å². The van der Waals surface area contributed by atoms with Crippen LogP contribution in [0.4, 0.5) is 0 Å². The molecule has 1 aliphatic rings. The number of ether oxygens (including phenoxy) is 1. The van der Waals surface area contributed by atoms with Crippen molar-refractivity contribution in [2.24, 2.45) is 5.92 Å². The smallest absolute Gasteiger partial charge is 0.0931 e. The van der Waals surface area contributed by atoms with Crippen LogP contribution in [0.25, 0.3) is 0 Å². The SMILES string of the molecule is CCNC1COCC1CNCc1ccc(Cl)s1. The molecule has 2 unspecified atom stereocenters. The molecule has 17 heavy (non-hydrogen) atoms. The molecule has 2 atom stereocenters. The Morgan fingerprint density at radius 3 is 3.06 bits per heavy atom. The summed E-state index contributed by atoms with van der Waals surface area (Å²) in [5.74, 6) is 0.574. The fourth-order valence-electron chi connectivity index (χ4n) is 2.12. The van der Waals surface area contributed by atoms with Gasteiger partial charge in [0.15, 0.2) is 0 Å². The van der Waals surface area contributed by atoms with Crippen LogP contribution in [-0.2, 0) is 11.3 Å². The third kappa shape index (κ3) is 3.93. The van der Waals surface area contributed by atoms with Gasteiger partial charge in [-0.1, -0.05) is 18.5 Å². The first-order valence-electron chi connectivity index (χ1n) is 6.05. The van der Waals surface area contributed by atoms with Crippen molar-refractivity contribution in [1.82, 2.24) is 10.6 Å². The lowest BCUT2D eigenvalue weighted by Gasteiger charge is -2.18. The fourth-order valence-corrected chi connectivity index (χ4v) is 3.17. The van der Waals surface area contributed by atoms with Crippen molar-refractivity contribution in [3.63, 3.8) is 0 Å². The Balaban J connectivity index is 1.70. The molecule has 1 aromatic rings. The summed E-state index contributed by atoms with van der Waals surface area (Å²) in [6.07, 6.45) is 0. The number of thiophene rings is 1. The first-order valence-corrected chi connectivity index (χ1v) is 7.25. The molecule has 0 aliphatic carbocycles. The van der Waals surface area contributed by atoms with Crippen molar-refractivity contribution in [2.75, 3.05) is 26.3 Å². The first-order chi connectivity index (χ1) is 8.29. The summed E-state index contributed by atoms with van der Waals surface area (Å²) in [4.78, 5) is 1.29. The molecule has 0 bridgehead atoms. The van der Waals surface area contributed by atoms with Crippen molar-refractivity contribution >= 4 is 22.9 Å². The molecular formula is C12H19ClN2OS. The van der Waals surface area contributed by atoms with Crippen molar-refractivity contribution in [1.29, 1.82) is 0 Å². The van der Waals surface area contributed by atoms with Gasteiger partial charge in [0.25, 0.3) is 0 Å². The van der Waals surface area contributed by atoms with Gasteiger partial charge < -0.3 is 15.4 Å². The molecule has 0 spiro atoms. The third-order valence-corrected chi connectivity index (χ3v) is 4.23. The predicted molar refractivity (Wildman–Crippen MR) is 72.8 cm³/mol. The molecule has 2 N–H and O–H groups in total. The Bertz CT molecular complexity index is 345. The van der Waals surface area contributed by atoms with Gasteiger partial charge in [0.1, 0.15) is 0 Å². The Labute approximate surface area is 112 Å². The molecule has 2 rings (SSSR count). The number of rotatable bonds is 6. The van der Waals surface area contributed by atoms with Crippen LogP contribution in [0.2, 0.25) is 4.34 Å². The number of hydrogen-bond donors (Lipinski definition) is 2. The quantitative estimate of drug-likeness (QED) is 0.834. The zero-order valence-electron chi connectivity index (χ0n) is 10.0. The molecule has 1 aromatic heterocycles. The van der Waals surface area contributed by atoms with Crippen LogP contribution in [0, 0.1) is 5.92 Å². The van der Waals surface area contributed by atoms with E-state index in [-0.39, 0.29) is 0 Å². The summed E-state index contributed by atoms with van der Waals surface area (Å²) in [5.41, 5.74) is 0. The molecule has 1 fully saturated rings. The number of likely N-dealkylation sites (N-methyl/N-ethyl adjacent to an activating group) is 1. The molecular weight excluding hydrogens is 256 g/mol. The Hall–Kier alpha value is -0.130. The van der Waals surface area contributed by atoms with E-state index >= 15 is 0 Å². The largest absolute Gasteiger partial charge is 0.379 e. The normalized spacial score (nSPS) is 24.4. The molecule has 96 valence electrons. The summed E-state index contributed by atoms with van der Waals surface area (Å²) >= 11 is 7.53. The summed E-state index contributed by atoms with van der Waals surface area (Å²) < 4.78 is 6.37. The maximum absolute atomic E-state index is 5.89. The number of halogens is 1. The van der Waals surface area contributed by atoms with Gasteiger partial charge in [0.2, 0.25) is 0 Å². The molecule has 5 heteroatoms. The van der Waals surface area contributed by atoms with Crippen molar-refractivity contribution in [3.8, 4) is 0 Å². The minimum absolute atomic E-state index is 0.499. The summed E-state index contributed by atoms with van der Waals surface area (Å²) in [6.45, 7) is 6.72. The van der Waals surface area contributed by atoms with Gasteiger partial charge in [-0.2, -0.15) is 0 Å². The zero-order valence-corrected chi connectivity index (χ0v) is 11.6. The van der Waals surface area contributed by atoms with E-state index in [2.05, 4.69) is 23.6 Å². The van der Waals surface area contributed by atoms with Crippen LogP contribution in [-0.4, -0.2) is 32.3 Å². The van der Waals surface area contributed by atoms with Crippen LogP contribution < -0.4 is 10.6 Å².